The number of hydrogen-bond donors (Lipinski definition) is 0. The van der Waals surface area contributed by atoms with Crippen molar-refractivity contribution < 1.29 is 9.59 Å². The Kier molecular flexibility index (Phi) is 3.71. The van der Waals surface area contributed by atoms with Crippen LogP contribution in [0.4, 0.5) is 4.79 Å². The van der Waals surface area contributed by atoms with Crippen LogP contribution in [-0.2, 0) is 0 Å². The molecule has 5 nitrogen and oxygen atoms in total. The van der Waals surface area contributed by atoms with E-state index in [4.69, 9.17) is 0 Å². The molecule has 0 saturated carbocycles. The van der Waals surface area contributed by atoms with Crippen LogP contribution in [0.15, 0.2) is 30.3 Å². The highest BCUT2D eigenvalue weighted by Crippen LogP contribution is 2.30. The second kappa shape index (κ2) is 5.87. The summed E-state index contributed by atoms with van der Waals surface area (Å²) >= 11 is 0. The van der Waals surface area contributed by atoms with Crippen molar-refractivity contribution in [3.63, 3.8) is 0 Å². The molecule has 0 aliphatic carbocycles. The third-order valence-corrected chi connectivity index (χ3v) is 5.49. The van der Waals surface area contributed by atoms with Gasteiger partial charge in [0.2, 0.25) is 0 Å². The Bertz CT molecular complexity index is 596. The van der Waals surface area contributed by atoms with Gasteiger partial charge in [0.1, 0.15) is 0 Å². The van der Waals surface area contributed by atoms with Gasteiger partial charge >= 0.3 is 6.03 Å². The van der Waals surface area contributed by atoms with Crippen molar-refractivity contribution >= 4 is 11.9 Å². The highest BCUT2D eigenvalue weighted by Gasteiger charge is 2.43. The predicted octanol–water partition coefficient (Wildman–Crippen LogP) is 2.19. The molecular formula is C18H23N3O2. The molecule has 3 amide bonds. The maximum atomic E-state index is 12.5. The minimum atomic E-state index is 0.109. The lowest BCUT2D eigenvalue weighted by atomic mass is 10.0. The lowest BCUT2D eigenvalue weighted by Gasteiger charge is -2.36. The summed E-state index contributed by atoms with van der Waals surface area (Å²) in [6.07, 6.45) is 4.08. The molecule has 0 radical (unpaired) electrons. The molecule has 4 rings (SSSR count). The first-order chi connectivity index (χ1) is 11.2. The molecule has 3 saturated heterocycles. The Labute approximate surface area is 136 Å². The molecule has 1 unspecified atom stereocenters. The number of rotatable bonds is 2. The molecule has 0 spiro atoms. The zero-order valence-electron chi connectivity index (χ0n) is 13.4. The van der Waals surface area contributed by atoms with E-state index in [9.17, 15) is 9.59 Å². The molecule has 3 aliphatic rings. The summed E-state index contributed by atoms with van der Waals surface area (Å²) in [5, 5.41) is 0. The average molecular weight is 313 g/mol. The Hall–Kier alpha value is -2.04. The van der Waals surface area contributed by atoms with Gasteiger partial charge in [0.05, 0.1) is 6.04 Å². The number of nitrogens with zero attached hydrogens (tertiary/aromatic N) is 3. The number of fused-ring (bicyclic) bond motifs is 1. The van der Waals surface area contributed by atoms with Crippen LogP contribution in [0.5, 0.6) is 0 Å². The van der Waals surface area contributed by atoms with Crippen LogP contribution in [0.1, 0.15) is 36.0 Å². The van der Waals surface area contributed by atoms with Gasteiger partial charge in [-0.3, -0.25) is 4.79 Å². The molecule has 3 fully saturated rings. The Morgan fingerprint density at radius 2 is 1.65 bits per heavy atom. The van der Waals surface area contributed by atoms with E-state index < -0.39 is 0 Å². The van der Waals surface area contributed by atoms with Gasteiger partial charge in [-0.25, -0.2) is 4.79 Å². The molecule has 0 bridgehead atoms. The van der Waals surface area contributed by atoms with Gasteiger partial charge in [-0.1, -0.05) is 18.2 Å². The number of amides is 3. The van der Waals surface area contributed by atoms with Crippen LogP contribution >= 0.6 is 0 Å². The number of carbonyl (C=O) groups is 2. The molecule has 1 atom stereocenters. The van der Waals surface area contributed by atoms with Crippen LogP contribution in [0.3, 0.4) is 0 Å². The van der Waals surface area contributed by atoms with E-state index in [1.165, 1.54) is 0 Å². The van der Waals surface area contributed by atoms with Gasteiger partial charge in [0.15, 0.2) is 0 Å². The summed E-state index contributed by atoms with van der Waals surface area (Å²) in [6, 6.07) is 10.4. The van der Waals surface area contributed by atoms with Crippen LogP contribution < -0.4 is 0 Å². The fourth-order valence-corrected chi connectivity index (χ4v) is 4.20. The van der Waals surface area contributed by atoms with E-state index >= 15 is 0 Å². The Morgan fingerprint density at radius 1 is 0.913 bits per heavy atom. The third kappa shape index (κ3) is 2.58. The summed E-state index contributed by atoms with van der Waals surface area (Å²) in [5.41, 5.74) is 0.754. The highest BCUT2D eigenvalue weighted by atomic mass is 16.2. The maximum absolute atomic E-state index is 12.5. The summed E-state index contributed by atoms with van der Waals surface area (Å²) in [5.74, 6) is 0.109. The molecule has 3 aliphatic heterocycles. The predicted molar refractivity (Wildman–Crippen MR) is 87.2 cm³/mol. The smallest absolute Gasteiger partial charge is 0.320 e. The van der Waals surface area contributed by atoms with Gasteiger partial charge in [-0.15, -0.1) is 0 Å². The van der Waals surface area contributed by atoms with Crippen LogP contribution in [0.25, 0.3) is 0 Å². The van der Waals surface area contributed by atoms with E-state index in [2.05, 4.69) is 4.90 Å². The number of carbonyl (C=O) groups excluding carboxylic acids is 2. The number of piperidine rings is 1. The first kappa shape index (κ1) is 14.5. The van der Waals surface area contributed by atoms with Crippen molar-refractivity contribution in [3.8, 4) is 0 Å². The van der Waals surface area contributed by atoms with E-state index in [0.717, 1.165) is 57.4 Å². The number of likely N-dealkylation sites (tertiary alicyclic amines) is 1. The molecule has 122 valence electrons. The van der Waals surface area contributed by atoms with Crippen LogP contribution in [-0.4, -0.2) is 64.9 Å². The lowest BCUT2D eigenvalue weighted by molar-refractivity contribution is 0.0662. The quantitative estimate of drug-likeness (QED) is 0.840. The number of benzene rings is 1. The van der Waals surface area contributed by atoms with Gasteiger partial charge in [0.25, 0.3) is 5.91 Å². The fraction of sp³-hybridized carbons (Fsp3) is 0.556. The third-order valence-electron chi connectivity index (χ3n) is 5.49. The van der Waals surface area contributed by atoms with Gasteiger partial charge in [-0.05, 0) is 37.8 Å². The second-order valence-corrected chi connectivity index (χ2v) is 6.81. The van der Waals surface area contributed by atoms with Crippen molar-refractivity contribution in [2.45, 2.75) is 37.8 Å². The highest BCUT2D eigenvalue weighted by molar-refractivity contribution is 5.94. The zero-order chi connectivity index (χ0) is 15.8. The zero-order valence-corrected chi connectivity index (χ0v) is 13.4. The van der Waals surface area contributed by atoms with Gasteiger partial charge in [0, 0.05) is 37.8 Å². The molecule has 3 heterocycles. The summed E-state index contributed by atoms with van der Waals surface area (Å²) in [4.78, 5) is 31.0. The van der Waals surface area contributed by atoms with Crippen LogP contribution in [0.2, 0.25) is 0 Å². The van der Waals surface area contributed by atoms with E-state index in [-0.39, 0.29) is 11.9 Å². The lowest BCUT2D eigenvalue weighted by Crippen LogP contribution is -2.48. The van der Waals surface area contributed by atoms with E-state index in [1.807, 2.05) is 40.1 Å². The Balaban J connectivity index is 1.36. The van der Waals surface area contributed by atoms with Gasteiger partial charge < -0.3 is 14.7 Å². The van der Waals surface area contributed by atoms with Gasteiger partial charge in [-0.2, -0.15) is 0 Å². The first-order valence-electron chi connectivity index (χ1n) is 8.65. The maximum Gasteiger partial charge on any atom is 0.320 e. The minimum Gasteiger partial charge on any atom is -0.338 e. The number of hydrogen-bond acceptors (Lipinski definition) is 2. The molecular weight excluding hydrogens is 290 g/mol. The fourth-order valence-electron chi connectivity index (χ4n) is 4.20. The molecule has 23 heavy (non-hydrogen) atoms. The molecule has 1 aromatic carbocycles. The van der Waals surface area contributed by atoms with Crippen molar-refractivity contribution in [3.05, 3.63) is 35.9 Å². The van der Waals surface area contributed by atoms with Crippen molar-refractivity contribution in [1.82, 2.24) is 14.7 Å². The van der Waals surface area contributed by atoms with Crippen molar-refractivity contribution in [2.24, 2.45) is 0 Å². The van der Waals surface area contributed by atoms with Crippen LogP contribution in [0, 0.1) is 0 Å². The summed E-state index contributed by atoms with van der Waals surface area (Å²) < 4.78 is 0. The van der Waals surface area contributed by atoms with E-state index in [0.29, 0.717) is 12.1 Å². The molecule has 0 aromatic heterocycles. The SMILES string of the molecule is O=C(c1ccccc1)N1CCC(N2CC3CCCN3C2=O)CC1. The second-order valence-electron chi connectivity index (χ2n) is 6.81. The average Bonchev–Trinajstić information content (AvgIpc) is 3.18. The monoisotopic (exact) mass is 313 g/mol. The molecule has 5 heteroatoms. The number of urea groups is 1. The normalized spacial score (nSPS) is 25.1. The van der Waals surface area contributed by atoms with Crippen molar-refractivity contribution in [1.29, 1.82) is 0 Å². The van der Waals surface area contributed by atoms with E-state index in [1.54, 1.807) is 0 Å². The van der Waals surface area contributed by atoms with Crippen molar-refractivity contribution in [2.75, 3.05) is 26.2 Å². The molecule has 0 N–H and O–H groups in total. The first-order valence-corrected chi connectivity index (χ1v) is 8.65. The topological polar surface area (TPSA) is 43.9 Å². The summed E-state index contributed by atoms with van der Waals surface area (Å²) in [7, 11) is 0. The molecule has 1 aromatic rings. The summed E-state index contributed by atoms with van der Waals surface area (Å²) in [6.45, 7) is 3.29. The largest absolute Gasteiger partial charge is 0.338 e. The minimum absolute atomic E-state index is 0.109. The Morgan fingerprint density at radius 3 is 2.35 bits per heavy atom. The standard InChI is InChI=1S/C18H23N3O2/c22-17(14-5-2-1-3-6-14)19-11-8-15(9-12-19)21-13-16-7-4-10-20(16)18(21)23/h1-3,5-6,15-16H,4,7-13H2.